The molecule has 2 rings (SSSR count). The van der Waals surface area contributed by atoms with Crippen LogP contribution < -0.4 is 5.73 Å². The SMILES string of the molecule is NCc1ccn(-c2ccc([N+](=O)[O-])cc2F)n1. The molecule has 0 radical (unpaired) electrons. The molecule has 1 heterocycles. The predicted octanol–water partition coefficient (Wildman–Crippen LogP) is 1.38. The maximum atomic E-state index is 13.6. The third-order valence-electron chi connectivity index (χ3n) is 2.24. The van der Waals surface area contributed by atoms with Crippen molar-refractivity contribution in [3.05, 3.63) is 52.1 Å². The van der Waals surface area contributed by atoms with Crippen LogP contribution >= 0.6 is 0 Å². The number of nitrogens with zero attached hydrogens (tertiary/aromatic N) is 3. The smallest absolute Gasteiger partial charge is 0.272 e. The molecule has 0 aliphatic heterocycles. The Kier molecular flexibility index (Phi) is 2.84. The first-order valence-electron chi connectivity index (χ1n) is 4.80. The number of hydrogen-bond donors (Lipinski definition) is 1. The highest BCUT2D eigenvalue weighted by molar-refractivity contribution is 5.42. The summed E-state index contributed by atoms with van der Waals surface area (Å²) in [6.45, 7) is 0.252. The van der Waals surface area contributed by atoms with Crippen LogP contribution in [0.3, 0.4) is 0 Å². The van der Waals surface area contributed by atoms with Gasteiger partial charge in [0.25, 0.3) is 5.69 Å². The number of aromatic nitrogens is 2. The van der Waals surface area contributed by atoms with Gasteiger partial charge in [-0.15, -0.1) is 0 Å². The average Bonchev–Trinajstić information content (AvgIpc) is 2.77. The molecular weight excluding hydrogens is 227 g/mol. The number of nitrogens with two attached hydrogens (primary N) is 1. The summed E-state index contributed by atoms with van der Waals surface area (Å²) in [4.78, 5) is 9.80. The van der Waals surface area contributed by atoms with E-state index in [1.54, 1.807) is 12.3 Å². The lowest BCUT2D eigenvalue weighted by atomic mass is 10.2. The minimum Gasteiger partial charge on any atom is -0.325 e. The van der Waals surface area contributed by atoms with Crippen LogP contribution in [-0.2, 0) is 6.54 Å². The number of non-ortho nitro benzene ring substituents is 1. The second-order valence-corrected chi connectivity index (χ2v) is 3.35. The highest BCUT2D eigenvalue weighted by Gasteiger charge is 2.12. The zero-order chi connectivity index (χ0) is 12.4. The van der Waals surface area contributed by atoms with Crippen LogP contribution in [0.2, 0.25) is 0 Å². The van der Waals surface area contributed by atoms with Crippen molar-refractivity contribution in [2.24, 2.45) is 5.73 Å². The molecule has 0 unspecified atom stereocenters. The molecule has 0 aliphatic carbocycles. The molecule has 0 saturated carbocycles. The Morgan fingerprint density at radius 3 is 2.76 bits per heavy atom. The van der Waals surface area contributed by atoms with E-state index >= 15 is 0 Å². The van der Waals surface area contributed by atoms with Crippen LogP contribution in [0.15, 0.2) is 30.5 Å². The zero-order valence-electron chi connectivity index (χ0n) is 8.71. The van der Waals surface area contributed by atoms with E-state index in [2.05, 4.69) is 5.10 Å². The van der Waals surface area contributed by atoms with E-state index in [4.69, 9.17) is 5.73 Å². The molecular formula is C10H9FN4O2. The van der Waals surface area contributed by atoms with Gasteiger partial charge in [0.05, 0.1) is 16.7 Å². The Hall–Kier alpha value is -2.28. The molecule has 88 valence electrons. The molecule has 1 aromatic carbocycles. The van der Waals surface area contributed by atoms with Crippen molar-refractivity contribution in [2.45, 2.75) is 6.54 Å². The summed E-state index contributed by atoms with van der Waals surface area (Å²) in [7, 11) is 0. The summed E-state index contributed by atoms with van der Waals surface area (Å²) >= 11 is 0. The van der Waals surface area contributed by atoms with Gasteiger partial charge in [-0.3, -0.25) is 10.1 Å². The van der Waals surface area contributed by atoms with Crippen LogP contribution in [0.5, 0.6) is 0 Å². The van der Waals surface area contributed by atoms with Crippen LogP contribution in [0.4, 0.5) is 10.1 Å². The zero-order valence-corrected chi connectivity index (χ0v) is 8.71. The van der Waals surface area contributed by atoms with Gasteiger partial charge in [0.15, 0.2) is 5.82 Å². The predicted molar refractivity (Wildman–Crippen MR) is 58.1 cm³/mol. The van der Waals surface area contributed by atoms with Gasteiger partial charge in [0.1, 0.15) is 5.69 Å². The lowest BCUT2D eigenvalue weighted by Crippen LogP contribution is -2.02. The summed E-state index contributed by atoms with van der Waals surface area (Å²) in [5, 5.41) is 14.5. The molecule has 0 spiro atoms. The molecule has 7 heteroatoms. The maximum Gasteiger partial charge on any atom is 0.272 e. The standard InChI is InChI=1S/C10H9FN4O2/c11-9-5-8(15(16)17)1-2-10(9)14-4-3-7(6-12)13-14/h1-5H,6,12H2. The Labute approximate surface area is 95.6 Å². The molecule has 1 aromatic heterocycles. The third kappa shape index (κ3) is 2.13. The monoisotopic (exact) mass is 236 g/mol. The van der Waals surface area contributed by atoms with Gasteiger partial charge < -0.3 is 5.73 Å². The van der Waals surface area contributed by atoms with E-state index in [0.717, 1.165) is 6.07 Å². The number of nitro groups is 1. The summed E-state index contributed by atoms with van der Waals surface area (Å²) in [5.74, 6) is -0.703. The summed E-state index contributed by atoms with van der Waals surface area (Å²) < 4.78 is 14.9. The van der Waals surface area contributed by atoms with Gasteiger partial charge in [0, 0.05) is 18.8 Å². The van der Waals surface area contributed by atoms with Crippen molar-refractivity contribution < 1.29 is 9.31 Å². The first-order chi connectivity index (χ1) is 8.11. The molecule has 17 heavy (non-hydrogen) atoms. The molecule has 0 bridgehead atoms. The molecule has 0 aliphatic rings. The fourth-order valence-corrected chi connectivity index (χ4v) is 1.40. The first kappa shape index (κ1) is 11.2. The highest BCUT2D eigenvalue weighted by Crippen LogP contribution is 2.19. The second-order valence-electron chi connectivity index (χ2n) is 3.35. The van der Waals surface area contributed by atoms with Gasteiger partial charge >= 0.3 is 0 Å². The van der Waals surface area contributed by atoms with Gasteiger partial charge in [-0.25, -0.2) is 9.07 Å². The molecule has 2 aromatic rings. The summed E-state index contributed by atoms with van der Waals surface area (Å²) in [5.41, 5.74) is 5.85. The Balaban J connectivity index is 2.42. The van der Waals surface area contributed by atoms with Crippen molar-refractivity contribution in [3.63, 3.8) is 0 Å². The van der Waals surface area contributed by atoms with Crippen molar-refractivity contribution >= 4 is 5.69 Å². The van der Waals surface area contributed by atoms with Crippen molar-refractivity contribution in [3.8, 4) is 5.69 Å². The lowest BCUT2D eigenvalue weighted by Gasteiger charge is -2.02. The van der Waals surface area contributed by atoms with Crippen LogP contribution in [-0.4, -0.2) is 14.7 Å². The second kappa shape index (κ2) is 4.30. The average molecular weight is 236 g/mol. The van der Waals surface area contributed by atoms with E-state index in [9.17, 15) is 14.5 Å². The van der Waals surface area contributed by atoms with E-state index in [1.807, 2.05) is 0 Å². The van der Waals surface area contributed by atoms with Gasteiger partial charge in [-0.1, -0.05) is 0 Å². The highest BCUT2D eigenvalue weighted by atomic mass is 19.1. The molecule has 2 N–H and O–H groups in total. The van der Waals surface area contributed by atoms with E-state index < -0.39 is 10.7 Å². The van der Waals surface area contributed by atoms with Gasteiger partial charge in [0.2, 0.25) is 0 Å². The number of hydrogen-bond acceptors (Lipinski definition) is 4. The number of nitro benzene ring substituents is 1. The van der Waals surface area contributed by atoms with Gasteiger partial charge in [-0.2, -0.15) is 5.10 Å². The normalized spacial score (nSPS) is 10.5. The lowest BCUT2D eigenvalue weighted by molar-refractivity contribution is -0.385. The number of benzene rings is 1. The molecule has 0 atom stereocenters. The van der Waals surface area contributed by atoms with Crippen molar-refractivity contribution in [2.75, 3.05) is 0 Å². The molecule has 0 fully saturated rings. The Morgan fingerprint density at radius 2 is 2.24 bits per heavy atom. The van der Waals surface area contributed by atoms with E-state index in [0.29, 0.717) is 5.69 Å². The van der Waals surface area contributed by atoms with Gasteiger partial charge in [-0.05, 0) is 12.1 Å². The van der Waals surface area contributed by atoms with E-state index in [-0.39, 0.29) is 17.9 Å². The fourth-order valence-electron chi connectivity index (χ4n) is 1.40. The van der Waals surface area contributed by atoms with E-state index in [1.165, 1.54) is 16.8 Å². The quantitative estimate of drug-likeness (QED) is 0.644. The minimum absolute atomic E-state index is 0.148. The molecule has 6 nitrogen and oxygen atoms in total. The maximum absolute atomic E-state index is 13.6. The van der Waals surface area contributed by atoms with Crippen molar-refractivity contribution in [1.82, 2.24) is 9.78 Å². The Morgan fingerprint density at radius 1 is 1.47 bits per heavy atom. The molecule has 0 amide bonds. The minimum atomic E-state index is -0.703. The topological polar surface area (TPSA) is 87.0 Å². The Bertz CT molecular complexity index is 567. The number of halogens is 1. The van der Waals surface area contributed by atoms with Crippen molar-refractivity contribution in [1.29, 1.82) is 0 Å². The van der Waals surface area contributed by atoms with Crippen LogP contribution in [0.25, 0.3) is 5.69 Å². The van der Waals surface area contributed by atoms with Crippen LogP contribution in [0.1, 0.15) is 5.69 Å². The summed E-state index contributed by atoms with van der Waals surface area (Å²) in [6, 6.07) is 5.04. The van der Waals surface area contributed by atoms with Crippen LogP contribution in [0, 0.1) is 15.9 Å². The third-order valence-corrected chi connectivity index (χ3v) is 2.24. The first-order valence-corrected chi connectivity index (χ1v) is 4.80. The number of rotatable bonds is 3. The summed E-state index contributed by atoms with van der Waals surface area (Å²) in [6.07, 6.45) is 1.55. The largest absolute Gasteiger partial charge is 0.325 e. The molecule has 0 saturated heterocycles. The fraction of sp³-hybridized carbons (Fsp3) is 0.100.